The molecule has 0 radical (unpaired) electrons. The molecule has 0 aliphatic rings. The Morgan fingerprint density at radius 1 is 1.35 bits per heavy atom. The monoisotopic (exact) mass is 235 g/mol. The smallest absolute Gasteiger partial charge is 0.414 e. The fraction of sp³-hybridized carbons (Fsp3) is 0.273. The highest BCUT2D eigenvalue weighted by Gasteiger charge is 2.14. The number of rotatable bonds is 4. The average Bonchev–Trinajstić information content (AvgIpc) is 2.78. The summed E-state index contributed by atoms with van der Waals surface area (Å²) in [4.78, 5) is 0. The topological polar surface area (TPSA) is 83.4 Å². The minimum atomic E-state index is 0.140. The zero-order valence-electron chi connectivity index (χ0n) is 9.64. The standard InChI is InChI=1S/C11H13N3O3/c1-3-16-11-14-13-10(17-11)8-5-4-7(12)6-9(8)15-2/h4-6H,3,12H2,1-2H3. The SMILES string of the molecule is CCOc1nnc(-c2ccc(N)cc2OC)o1. The Labute approximate surface area is 98.4 Å². The van der Waals surface area contributed by atoms with Crippen LogP contribution >= 0.6 is 0 Å². The number of nitrogen functional groups attached to an aromatic ring is 1. The van der Waals surface area contributed by atoms with E-state index < -0.39 is 0 Å². The minimum Gasteiger partial charge on any atom is -0.496 e. The third kappa shape index (κ3) is 2.30. The normalized spacial score (nSPS) is 10.2. The molecule has 2 rings (SSSR count). The lowest BCUT2D eigenvalue weighted by Gasteiger charge is -2.05. The van der Waals surface area contributed by atoms with E-state index in [1.807, 2.05) is 6.92 Å². The van der Waals surface area contributed by atoms with E-state index in [-0.39, 0.29) is 6.08 Å². The van der Waals surface area contributed by atoms with Gasteiger partial charge in [0.2, 0.25) is 0 Å². The highest BCUT2D eigenvalue weighted by Crippen LogP contribution is 2.31. The van der Waals surface area contributed by atoms with Crippen molar-refractivity contribution in [2.45, 2.75) is 6.92 Å². The molecule has 2 N–H and O–H groups in total. The van der Waals surface area contributed by atoms with E-state index in [1.54, 1.807) is 25.3 Å². The number of nitrogens with zero attached hydrogens (tertiary/aromatic N) is 2. The summed E-state index contributed by atoms with van der Waals surface area (Å²) >= 11 is 0. The molecule has 6 nitrogen and oxygen atoms in total. The molecule has 6 heteroatoms. The van der Waals surface area contributed by atoms with E-state index in [9.17, 15) is 0 Å². The van der Waals surface area contributed by atoms with Crippen molar-refractivity contribution >= 4 is 5.69 Å². The van der Waals surface area contributed by atoms with Crippen molar-refractivity contribution in [3.05, 3.63) is 18.2 Å². The predicted molar refractivity (Wildman–Crippen MR) is 61.9 cm³/mol. The van der Waals surface area contributed by atoms with Gasteiger partial charge in [-0.05, 0) is 19.1 Å². The van der Waals surface area contributed by atoms with Crippen LogP contribution in [0.5, 0.6) is 11.8 Å². The molecule has 1 heterocycles. The number of ether oxygens (including phenoxy) is 2. The molecule has 0 bridgehead atoms. The van der Waals surface area contributed by atoms with Gasteiger partial charge in [0, 0.05) is 11.8 Å². The maximum atomic E-state index is 5.66. The van der Waals surface area contributed by atoms with Crippen molar-refractivity contribution in [3.63, 3.8) is 0 Å². The first-order valence-electron chi connectivity index (χ1n) is 5.14. The predicted octanol–water partition coefficient (Wildman–Crippen LogP) is 1.73. The van der Waals surface area contributed by atoms with Gasteiger partial charge in [-0.3, -0.25) is 0 Å². The lowest BCUT2D eigenvalue weighted by molar-refractivity contribution is 0.246. The van der Waals surface area contributed by atoms with Crippen LogP contribution in [0.3, 0.4) is 0 Å². The minimum absolute atomic E-state index is 0.140. The molecule has 0 spiro atoms. The first kappa shape index (κ1) is 11.3. The Bertz CT molecular complexity index is 510. The van der Waals surface area contributed by atoms with Crippen molar-refractivity contribution in [1.82, 2.24) is 10.2 Å². The molecule has 17 heavy (non-hydrogen) atoms. The van der Waals surface area contributed by atoms with Gasteiger partial charge < -0.3 is 19.6 Å². The lowest BCUT2D eigenvalue weighted by atomic mass is 10.2. The Balaban J connectivity index is 2.37. The molecule has 0 unspecified atom stereocenters. The second-order valence-electron chi connectivity index (χ2n) is 3.27. The van der Waals surface area contributed by atoms with Crippen LogP contribution in [0.4, 0.5) is 5.69 Å². The van der Waals surface area contributed by atoms with Crippen LogP contribution in [0, 0.1) is 0 Å². The molecular weight excluding hydrogens is 222 g/mol. The molecule has 0 fully saturated rings. The molecular formula is C11H13N3O3. The maximum absolute atomic E-state index is 5.66. The summed E-state index contributed by atoms with van der Waals surface area (Å²) in [5, 5.41) is 7.64. The van der Waals surface area contributed by atoms with Gasteiger partial charge in [0.05, 0.1) is 19.3 Å². The highest BCUT2D eigenvalue weighted by atomic mass is 16.6. The third-order valence-electron chi connectivity index (χ3n) is 2.13. The van der Waals surface area contributed by atoms with Crippen molar-refractivity contribution < 1.29 is 13.9 Å². The Morgan fingerprint density at radius 3 is 2.88 bits per heavy atom. The first-order chi connectivity index (χ1) is 8.24. The summed E-state index contributed by atoms with van der Waals surface area (Å²) in [6.07, 6.45) is 0.140. The molecule has 90 valence electrons. The Hall–Kier alpha value is -2.24. The molecule has 0 saturated carbocycles. The number of aromatic nitrogens is 2. The largest absolute Gasteiger partial charge is 0.496 e. The second-order valence-corrected chi connectivity index (χ2v) is 3.27. The first-order valence-corrected chi connectivity index (χ1v) is 5.14. The van der Waals surface area contributed by atoms with Crippen LogP contribution in [0.15, 0.2) is 22.6 Å². The number of benzene rings is 1. The molecule has 0 amide bonds. The van der Waals surface area contributed by atoms with E-state index in [0.29, 0.717) is 29.5 Å². The van der Waals surface area contributed by atoms with Crippen molar-refractivity contribution in [2.24, 2.45) is 0 Å². The van der Waals surface area contributed by atoms with Gasteiger partial charge in [-0.15, -0.1) is 5.10 Å². The molecule has 1 aromatic heterocycles. The molecule has 1 aromatic carbocycles. The third-order valence-corrected chi connectivity index (χ3v) is 2.13. The number of methoxy groups -OCH3 is 1. The lowest BCUT2D eigenvalue weighted by Crippen LogP contribution is -1.91. The van der Waals surface area contributed by atoms with E-state index >= 15 is 0 Å². The quantitative estimate of drug-likeness (QED) is 0.812. The van der Waals surface area contributed by atoms with Crippen LogP contribution < -0.4 is 15.2 Å². The van der Waals surface area contributed by atoms with E-state index in [4.69, 9.17) is 19.6 Å². The summed E-state index contributed by atoms with van der Waals surface area (Å²) in [6, 6.07) is 5.19. The van der Waals surface area contributed by atoms with Gasteiger partial charge in [0.15, 0.2) is 0 Å². The molecule has 0 aliphatic heterocycles. The van der Waals surface area contributed by atoms with Crippen LogP contribution in [0.2, 0.25) is 0 Å². The summed E-state index contributed by atoms with van der Waals surface area (Å²) in [5.41, 5.74) is 6.95. The Kier molecular flexibility index (Phi) is 3.13. The fourth-order valence-electron chi connectivity index (χ4n) is 1.38. The van der Waals surface area contributed by atoms with Gasteiger partial charge in [0.25, 0.3) is 5.89 Å². The van der Waals surface area contributed by atoms with Gasteiger partial charge in [0.1, 0.15) is 5.75 Å². The summed E-state index contributed by atoms with van der Waals surface area (Å²) in [5.74, 6) is 0.919. The summed E-state index contributed by atoms with van der Waals surface area (Å²) in [7, 11) is 1.55. The van der Waals surface area contributed by atoms with Crippen molar-refractivity contribution in [1.29, 1.82) is 0 Å². The fourth-order valence-corrected chi connectivity index (χ4v) is 1.38. The van der Waals surface area contributed by atoms with E-state index in [2.05, 4.69) is 10.2 Å². The van der Waals surface area contributed by atoms with E-state index in [1.165, 1.54) is 0 Å². The van der Waals surface area contributed by atoms with Crippen molar-refractivity contribution in [2.75, 3.05) is 19.5 Å². The van der Waals surface area contributed by atoms with Crippen LogP contribution in [-0.2, 0) is 0 Å². The van der Waals surface area contributed by atoms with Crippen molar-refractivity contribution in [3.8, 4) is 23.3 Å². The maximum Gasteiger partial charge on any atom is 0.414 e. The number of hydrogen-bond donors (Lipinski definition) is 1. The second kappa shape index (κ2) is 4.73. The van der Waals surface area contributed by atoms with Crippen LogP contribution in [0.25, 0.3) is 11.5 Å². The van der Waals surface area contributed by atoms with Crippen LogP contribution in [0.1, 0.15) is 6.92 Å². The average molecular weight is 235 g/mol. The van der Waals surface area contributed by atoms with Gasteiger partial charge in [-0.1, -0.05) is 5.10 Å². The zero-order valence-corrected chi connectivity index (χ0v) is 9.64. The zero-order chi connectivity index (χ0) is 12.3. The van der Waals surface area contributed by atoms with Gasteiger partial charge in [-0.25, -0.2) is 0 Å². The molecule has 0 atom stereocenters. The number of nitrogens with two attached hydrogens (primary N) is 1. The number of hydrogen-bond acceptors (Lipinski definition) is 6. The van der Waals surface area contributed by atoms with Gasteiger partial charge in [-0.2, -0.15) is 0 Å². The molecule has 0 saturated heterocycles. The highest BCUT2D eigenvalue weighted by molar-refractivity contribution is 5.66. The number of anilines is 1. The summed E-state index contributed by atoms with van der Waals surface area (Å²) < 4.78 is 15.6. The van der Waals surface area contributed by atoms with Gasteiger partial charge >= 0.3 is 6.08 Å². The molecule has 0 aliphatic carbocycles. The van der Waals surface area contributed by atoms with Crippen LogP contribution in [-0.4, -0.2) is 23.9 Å². The molecule has 2 aromatic rings. The van der Waals surface area contributed by atoms with E-state index in [0.717, 1.165) is 0 Å². The summed E-state index contributed by atoms with van der Waals surface area (Å²) in [6.45, 7) is 2.31. The Morgan fingerprint density at radius 2 is 2.18 bits per heavy atom.